The monoisotopic (exact) mass is 401 g/mol. The molecule has 1 fully saturated rings. The molecule has 152 valence electrons. The lowest BCUT2D eigenvalue weighted by molar-refractivity contribution is -0.128. The van der Waals surface area contributed by atoms with Crippen molar-refractivity contribution in [3.63, 3.8) is 0 Å². The highest BCUT2D eigenvalue weighted by Gasteiger charge is 2.36. The topological polar surface area (TPSA) is 54.5 Å². The maximum absolute atomic E-state index is 13.0. The number of hydrogen-bond donors (Lipinski definition) is 0. The van der Waals surface area contributed by atoms with Gasteiger partial charge in [-0.3, -0.25) is 4.79 Å². The molecule has 1 unspecified atom stereocenters. The molecule has 0 bridgehead atoms. The van der Waals surface area contributed by atoms with Gasteiger partial charge in [-0.25, -0.2) is 8.42 Å². The first-order valence-corrected chi connectivity index (χ1v) is 11.6. The third-order valence-corrected chi connectivity index (χ3v) is 7.90. The lowest BCUT2D eigenvalue weighted by Crippen LogP contribution is -2.38. The van der Waals surface area contributed by atoms with Gasteiger partial charge in [0.15, 0.2) is 0 Å². The zero-order valence-electron chi connectivity index (χ0n) is 16.9. The molecule has 1 saturated carbocycles. The summed E-state index contributed by atoms with van der Waals surface area (Å²) in [5, 5.41) is 0. The highest BCUT2D eigenvalue weighted by molar-refractivity contribution is 7.89. The summed E-state index contributed by atoms with van der Waals surface area (Å²) in [6.07, 6.45) is 7.94. The molecule has 0 spiro atoms. The van der Waals surface area contributed by atoms with Crippen molar-refractivity contribution < 1.29 is 13.2 Å². The summed E-state index contributed by atoms with van der Waals surface area (Å²) >= 11 is 0. The Morgan fingerprint density at radius 1 is 1.25 bits per heavy atom. The van der Waals surface area contributed by atoms with Gasteiger partial charge in [0.25, 0.3) is 0 Å². The molecule has 1 heterocycles. The van der Waals surface area contributed by atoms with Crippen LogP contribution in [0.15, 0.2) is 53.5 Å². The van der Waals surface area contributed by atoms with Crippen LogP contribution < -0.4 is 0 Å². The van der Waals surface area contributed by atoms with Gasteiger partial charge in [-0.15, -0.1) is 6.58 Å². The van der Waals surface area contributed by atoms with Crippen LogP contribution in [0.5, 0.6) is 0 Å². The Morgan fingerprint density at radius 3 is 2.64 bits per heavy atom. The van der Waals surface area contributed by atoms with E-state index in [1.807, 2.05) is 25.1 Å². The average molecular weight is 402 g/mol. The van der Waals surface area contributed by atoms with Gasteiger partial charge in [-0.05, 0) is 56.6 Å². The number of aryl methyl sites for hydroxylation is 1. The van der Waals surface area contributed by atoms with Crippen LogP contribution in [0.1, 0.15) is 44.6 Å². The number of sulfonamides is 1. The van der Waals surface area contributed by atoms with Crippen molar-refractivity contribution in [3.8, 4) is 0 Å². The van der Waals surface area contributed by atoms with E-state index in [4.69, 9.17) is 0 Å². The number of hydrogen-bond acceptors (Lipinski definition) is 3. The molecule has 1 aromatic rings. The lowest BCUT2D eigenvalue weighted by atomic mass is 9.70. The molecule has 3 atom stereocenters. The van der Waals surface area contributed by atoms with Gasteiger partial charge in [0.05, 0.1) is 4.90 Å². The Kier molecular flexibility index (Phi) is 6.56. The number of nitrogens with zero attached hydrogens (tertiary/aromatic N) is 1. The van der Waals surface area contributed by atoms with Crippen molar-refractivity contribution in [2.24, 2.45) is 17.8 Å². The molecule has 0 aromatic heterocycles. The van der Waals surface area contributed by atoms with Crippen LogP contribution in [0.4, 0.5) is 0 Å². The molecule has 1 aliphatic heterocycles. The molecule has 28 heavy (non-hydrogen) atoms. The van der Waals surface area contributed by atoms with Crippen molar-refractivity contribution in [1.82, 2.24) is 4.31 Å². The van der Waals surface area contributed by atoms with Crippen molar-refractivity contribution in [3.05, 3.63) is 54.1 Å². The fraction of sp³-hybridized carbons (Fsp3) is 0.522. The van der Waals surface area contributed by atoms with Crippen molar-refractivity contribution in [1.29, 1.82) is 0 Å². The van der Waals surface area contributed by atoms with E-state index in [0.29, 0.717) is 54.9 Å². The minimum absolute atomic E-state index is 0.0116. The van der Waals surface area contributed by atoms with Crippen LogP contribution in [0.3, 0.4) is 0 Å². The second kappa shape index (κ2) is 8.75. The van der Waals surface area contributed by atoms with Crippen LogP contribution >= 0.6 is 0 Å². The number of Topliss-reactive ketones (excluding diaryl/α,β-unsaturated/α-hetero) is 1. The summed E-state index contributed by atoms with van der Waals surface area (Å²) < 4.78 is 27.6. The van der Waals surface area contributed by atoms with E-state index < -0.39 is 10.0 Å². The van der Waals surface area contributed by atoms with Gasteiger partial charge in [0, 0.05) is 25.4 Å². The van der Waals surface area contributed by atoms with Crippen LogP contribution in [0.25, 0.3) is 0 Å². The predicted molar refractivity (Wildman–Crippen MR) is 112 cm³/mol. The molecule has 0 N–H and O–H groups in total. The van der Waals surface area contributed by atoms with Gasteiger partial charge >= 0.3 is 0 Å². The summed E-state index contributed by atoms with van der Waals surface area (Å²) in [4.78, 5) is 13.0. The quantitative estimate of drug-likeness (QED) is 0.659. The van der Waals surface area contributed by atoms with Crippen LogP contribution in [0.2, 0.25) is 0 Å². The molecule has 0 radical (unpaired) electrons. The first-order chi connectivity index (χ1) is 13.3. The standard InChI is InChI=1S/C23H31NO3S/c1-4-6-20-13-18(3)14-23(25)22(20)15-19-7-5-12-24(16-19)28(26,27)21-10-8-17(2)9-11-21/h4,7-11,18,20,22H,1,5-6,12-16H2,2-3H3/t18-,20-,22?/m1/s1. The van der Waals surface area contributed by atoms with Crippen molar-refractivity contribution in [2.75, 3.05) is 13.1 Å². The Labute approximate surface area is 169 Å². The fourth-order valence-electron chi connectivity index (χ4n) is 4.55. The van der Waals surface area contributed by atoms with Crippen molar-refractivity contribution >= 4 is 15.8 Å². The van der Waals surface area contributed by atoms with E-state index in [9.17, 15) is 13.2 Å². The number of benzene rings is 1. The summed E-state index contributed by atoms with van der Waals surface area (Å²) in [5.74, 6) is 1.05. The van der Waals surface area contributed by atoms with Crippen LogP contribution in [-0.2, 0) is 14.8 Å². The van der Waals surface area contributed by atoms with Gasteiger partial charge < -0.3 is 0 Å². The molecule has 2 aliphatic rings. The van der Waals surface area contributed by atoms with Crippen LogP contribution in [0, 0.1) is 24.7 Å². The fourth-order valence-corrected chi connectivity index (χ4v) is 6.01. The van der Waals surface area contributed by atoms with E-state index in [1.165, 1.54) is 0 Å². The number of rotatable bonds is 6. The van der Waals surface area contributed by atoms with Gasteiger partial charge in [-0.1, -0.05) is 42.3 Å². The van der Waals surface area contributed by atoms with Gasteiger partial charge in [0.1, 0.15) is 5.78 Å². The normalized spacial score (nSPS) is 26.7. The molecule has 4 nitrogen and oxygen atoms in total. The zero-order chi connectivity index (χ0) is 20.3. The van der Waals surface area contributed by atoms with E-state index in [2.05, 4.69) is 19.6 Å². The summed E-state index contributed by atoms with van der Waals surface area (Å²) in [6.45, 7) is 8.82. The number of allylic oxidation sites excluding steroid dienone is 1. The number of carbonyl (C=O) groups excluding carboxylic acids is 1. The second-order valence-electron chi connectivity index (χ2n) is 8.41. The Hall–Kier alpha value is -1.72. The molecular formula is C23H31NO3S. The van der Waals surface area contributed by atoms with E-state index in [-0.39, 0.29) is 5.92 Å². The molecule has 0 saturated heterocycles. The third-order valence-electron chi connectivity index (χ3n) is 6.04. The smallest absolute Gasteiger partial charge is 0.243 e. The molecule has 3 rings (SSSR count). The minimum atomic E-state index is -3.51. The Balaban J connectivity index is 1.74. The minimum Gasteiger partial charge on any atom is -0.299 e. The van der Waals surface area contributed by atoms with E-state index in [1.54, 1.807) is 16.4 Å². The van der Waals surface area contributed by atoms with Gasteiger partial charge in [0.2, 0.25) is 10.0 Å². The summed E-state index contributed by atoms with van der Waals surface area (Å²) in [5.41, 5.74) is 2.11. The highest BCUT2D eigenvalue weighted by Crippen LogP contribution is 2.38. The Morgan fingerprint density at radius 2 is 1.96 bits per heavy atom. The number of carbonyl (C=O) groups is 1. The number of ketones is 1. The van der Waals surface area contributed by atoms with Crippen LogP contribution in [-0.4, -0.2) is 31.6 Å². The molecule has 0 amide bonds. The first kappa shape index (κ1) is 21.0. The lowest BCUT2D eigenvalue weighted by Gasteiger charge is -2.35. The van der Waals surface area contributed by atoms with E-state index >= 15 is 0 Å². The predicted octanol–water partition coefficient (Wildman–Crippen LogP) is 4.51. The largest absolute Gasteiger partial charge is 0.299 e. The maximum Gasteiger partial charge on any atom is 0.243 e. The molecule has 1 aliphatic carbocycles. The molecule has 5 heteroatoms. The third kappa shape index (κ3) is 4.64. The molecular weight excluding hydrogens is 370 g/mol. The SMILES string of the molecule is C=CC[C@@H]1C[C@@H](C)CC(=O)C1CC1=CCCN(S(=O)(=O)c2ccc(C)cc2)C1. The Bertz CT molecular complexity index is 854. The highest BCUT2D eigenvalue weighted by atomic mass is 32.2. The molecule has 1 aromatic carbocycles. The zero-order valence-corrected chi connectivity index (χ0v) is 17.7. The van der Waals surface area contributed by atoms with Crippen molar-refractivity contribution in [2.45, 2.75) is 50.8 Å². The first-order valence-electron chi connectivity index (χ1n) is 10.2. The summed E-state index contributed by atoms with van der Waals surface area (Å²) in [6, 6.07) is 7.01. The van der Waals surface area contributed by atoms with Gasteiger partial charge in [-0.2, -0.15) is 4.31 Å². The average Bonchev–Trinajstić information content (AvgIpc) is 2.65. The van der Waals surface area contributed by atoms with E-state index in [0.717, 1.165) is 24.0 Å². The maximum atomic E-state index is 13.0. The second-order valence-corrected chi connectivity index (χ2v) is 10.3. The summed E-state index contributed by atoms with van der Waals surface area (Å²) in [7, 11) is -3.51.